The fourth-order valence-corrected chi connectivity index (χ4v) is 6.61. The molecule has 0 aromatic heterocycles. The normalized spacial score (nSPS) is 29.8. The van der Waals surface area contributed by atoms with E-state index in [2.05, 4.69) is 6.58 Å². The van der Waals surface area contributed by atoms with Crippen LogP contribution in [0.5, 0.6) is 0 Å². The van der Waals surface area contributed by atoms with Crippen LogP contribution in [0.4, 0.5) is 4.39 Å². The number of rotatable bonds is 17. The molecule has 2 saturated heterocycles. The van der Waals surface area contributed by atoms with Crippen molar-refractivity contribution in [2.45, 2.75) is 108 Å². The third-order valence-corrected chi connectivity index (χ3v) is 9.38. The molecule has 0 spiro atoms. The van der Waals surface area contributed by atoms with E-state index in [4.69, 9.17) is 18.9 Å². The number of carboxylic acid groups (broad SMARTS) is 3. The highest BCUT2D eigenvalue weighted by Crippen LogP contribution is 2.56. The SMILES string of the molecule is C=C(CC[C@]12O[C@H](C(=O)O)[C@@](O)(C(=O)O)[C@](C(=O)O)(O1)[C@H](OC(=O)/C=C/[C@@H](C)C[C@@H](C)CC)[C@H]2O)[C@@H](OC(C)=O)[C@H](C)Cc1ccccc1F. The molecule has 2 aliphatic heterocycles. The number of ether oxygens (including phenoxy) is 4. The maximum Gasteiger partial charge on any atom is 0.344 e. The van der Waals surface area contributed by atoms with Gasteiger partial charge in [0, 0.05) is 25.3 Å². The molecule has 50 heavy (non-hydrogen) atoms. The van der Waals surface area contributed by atoms with Gasteiger partial charge in [-0.05, 0) is 48.3 Å². The third-order valence-electron chi connectivity index (χ3n) is 9.38. The highest BCUT2D eigenvalue weighted by molar-refractivity contribution is 5.98. The van der Waals surface area contributed by atoms with E-state index in [9.17, 15) is 53.9 Å². The number of hydrogen-bond acceptors (Lipinski definition) is 11. The highest BCUT2D eigenvalue weighted by Gasteiger charge is 2.85. The van der Waals surface area contributed by atoms with E-state index in [1.54, 1.807) is 19.1 Å². The van der Waals surface area contributed by atoms with E-state index in [1.165, 1.54) is 18.2 Å². The Morgan fingerprint density at radius 1 is 1.08 bits per heavy atom. The zero-order chi connectivity index (χ0) is 37.8. The minimum atomic E-state index is -3.93. The monoisotopic (exact) mass is 708 g/mol. The molecule has 15 heteroatoms. The molecule has 0 saturated carbocycles. The molecule has 0 aliphatic carbocycles. The molecular formula is C35H45FO14. The molecule has 276 valence electrons. The summed E-state index contributed by atoms with van der Waals surface area (Å²) >= 11 is 0. The Morgan fingerprint density at radius 2 is 1.72 bits per heavy atom. The number of benzene rings is 1. The van der Waals surface area contributed by atoms with Crippen LogP contribution >= 0.6 is 0 Å². The molecule has 1 aromatic rings. The molecule has 0 radical (unpaired) electrons. The number of hydrogen-bond donors (Lipinski definition) is 5. The Hall–Kier alpha value is -4.18. The molecule has 10 atom stereocenters. The first-order valence-electron chi connectivity index (χ1n) is 16.2. The van der Waals surface area contributed by atoms with Crippen molar-refractivity contribution < 1.29 is 72.8 Å². The summed E-state index contributed by atoms with van der Waals surface area (Å²) in [5.74, 6) is -12.4. The van der Waals surface area contributed by atoms with Gasteiger partial charge in [-0.25, -0.2) is 23.6 Å². The number of fused-ring (bicyclic) bond motifs is 2. The van der Waals surface area contributed by atoms with Gasteiger partial charge in [0.2, 0.25) is 23.1 Å². The Bertz CT molecular complexity index is 1510. The standard InChI is InChI=1S/C35H45FO14/c1-7-18(2)16-19(3)12-13-25(38)48-28-27(39)33(49-29(30(40)41)34(46,31(42)43)35(28,50-33)32(44)45)15-14-20(4)26(47-22(6)37)21(5)17-23-10-8-9-11-24(23)36/h8-13,18-19,21,26-29,39,46H,4,7,14-17H2,1-3,5-6H3,(H,40,41)(H,42,43)(H,44,45)/b13-12+/t18-,19+,21+,26+,27+,28+,29+,33-,34+,35-/m0/s1. The Labute approximate surface area is 288 Å². The summed E-state index contributed by atoms with van der Waals surface area (Å²) in [4.78, 5) is 62.9. The fraction of sp³-hybridized carbons (Fsp3) is 0.571. The highest BCUT2D eigenvalue weighted by atomic mass is 19.1. The van der Waals surface area contributed by atoms with E-state index in [-0.39, 0.29) is 24.3 Å². The van der Waals surface area contributed by atoms with Crippen LogP contribution in [0.1, 0.15) is 65.9 Å². The molecule has 1 aromatic carbocycles. The van der Waals surface area contributed by atoms with Gasteiger partial charge in [-0.15, -0.1) is 0 Å². The van der Waals surface area contributed by atoms with Crippen molar-refractivity contribution in [2.75, 3.05) is 0 Å². The summed E-state index contributed by atoms with van der Waals surface area (Å²) < 4.78 is 36.3. The van der Waals surface area contributed by atoms with E-state index in [0.29, 0.717) is 17.9 Å². The van der Waals surface area contributed by atoms with Crippen molar-refractivity contribution in [1.29, 1.82) is 0 Å². The van der Waals surface area contributed by atoms with Crippen molar-refractivity contribution >= 4 is 29.8 Å². The summed E-state index contributed by atoms with van der Waals surface area (Å²) in [6.45, 7) is 12.5. The Morgan fingerprint density at radius 3 is 2.26 bits per heavy atom. The molecule has 2 aliphatic rings. The predicted octanol–water partition coefficient (Wildman–Crippen LogP) is 3.02. The number of aliphatic carboxylic acids is 3. The average Bonchev–Trinajstić information content (AvgIpc) is 3.25. The van der Waals surface area contributed by atoms with Gasteiger partial charge < -0.3 is 44.5 Å². The van der Waals surface area contributed by atoms with Gasteiger partial charge in [-0.3, -0.25) is 4.79 Å². The van der Waals surface area contributed by atoms with Gasteiger partial charge in [0.05, 0.1) is 0 Å². The smallest absolute Gasteiger partial charge is 0.344 e. The van der Waals surface area contributed by atoms with E-state index < -0.39 is 89.4 Å². The first-order valence-corrected chi connectivity index (χ1v) is 16.2. The summed E-state index contributed by atoms with van der Waals surface area (Å²) in [5, 5.41) is 53.5. The number of halogens is 1. The maximum absolute atomic E-state index is 14.4. The van der Waals surface area contributed by atoms with Crippen molar-refractivity contribution in [3.8, 4) is 0 Å². The number of aliphatic hydroxyl groups is 2. The van der Waals surface area contributed by atoms with Crippen molar-refractivity contribution in [3.05, 3.63) is 60.0 Å². The van der Waals surface area contributed by atoms with Crippen LogP contribution in [-0.4, -0.2) is 96.8 Å². The summed E-state index contributed by atoms with van der Waals surface area (Å²) in [7, 11) is 0. The number of allylic oxidation sites excluding steroid dienone is 1. The predicted molar refractivity (Wildman–Crippen MR) is 171 cm³/mol. The summed E-state index contributed by atoms with van der Waals surface area (Å²) in [6.07, 6.45) is -5.76. The average molecular weight is 709 g/mol. The first kappa shape index (κ1) is 40.3. The van der Waals surface area contributed by atoms with E-state index >= 15 is 0 Å². The topological polar surface area (TPSA) is 223 Å². The summed E-state index contributed by atoms with van der Waals surface area (Å²) in [6, 6.07) is 5.93. The van der Waals surface area contributed by atoms with Crippen LogP contribution in [0, 0.1) is 23.6 Å². The van der Waals surface area contributed by atoms with Gasteiger partial charge in [-0.2, -0.15) is 0 Å². The fourth-order valence-electron chi connectivity index (χ4n) is 6.61. The molecule has 2 bridgehead atoms. The largest absolute Gasteiger partial charge is 0.479 e. The van der Waals surface area contributed by atoms with Gasteiger partial charge in [0.15, 0.2) is 6.10 Å². The number of aliphatic hydroxyl groups excluding tert-OH is 1. The van der Waals surface area contributed by atoms with Crippen LogP contribution < -0.4 is 0 Å². The minimum absolute atomic E-state index is 0.0841. The lowest BCUT2D eigenvalue weighted by Gasteiger charge is -2.48. The zero-order valence-electron chi connectivity index (χ0n) is 28.5. The van der Waals surface area contributed by atoms with Crippen LogP contribution in [0.25, 0.3) is 0 Å². The Balaban J connectivity index is 2.02. The Kier molecular flexibility index (Phi) is 12.7. The molecule has 2 heterocycles. The zero-order valence-corrected chi connectivity index (χ0v) is 28.5. The minimum Gasteiger partial charge on any atom is -0.479 e. The lowest BCUT2D eigenvalue weighted by molar-refractivity contribution is -0.374. The van der Waals surface area contributed by atoms with Crippen LogP contribution in [0.2, 0.25) is 0 Å². The number of esters is 2. The number of carbonyl (C=O) groups is 5. The second-order valence-electron chi connectivity index (χ2n) is 13.2. The maximum atomic E-state index is 14.4. The molecule has 0 amide bonds. The van der Waals surface area contributed by atoms with Crippen molar-refractivity contribution in [3.63, 3.8) is 0 Å². The molecular weight excluding hydrogens is 663 g/mol. The molecule has 5 N–H and O–H groups in total. The molecule has 3 rings (SSSR count). The van der Waals surface area contributed by atoms with Gasteiger partial charge in [0.25, 0.3) is 0 Å². The molecule has 2 fully saturated rings. The quantitative estimate of drug-likeness (QED) is 0.0892. The van der Waals surface area contributed by atoms with Crippen LogP contribution in [0.15, 0.2) is 48.6 Å². The lowest BCUT2D eigenvalue weighted by Crippen LogP contribution is -2.78. The van der Waals surface area contributed by atoms with Crippen molar-refractivity contribution in [2.24, 2.45) is 17.8 Å². The number of carbonyl (C=O) groups excluding carboxylic acids is 2. The van der Waals surface area contributed by atoms with Gasteiger partial charge >= 0.3 is 29.8 Å². The second kappa shape index (κ2) is 15.8. The van der Waals surface area contributed by atoms with Crippen LogP contribution in [-0.2, 0) is 49.3 Å². The third kappa shape index (κ3) is 7.75. The summed E-state index contributed by atoms with van der Waals surface area (Å²) in [5.41, 5.74) is -7.09. The molecule has 0 unspecified atom stereocenters. The second-order valence-corrected chi connectivity index (χ2v) is 13.2. The number of carboxylic acids is 3. The first-order chi connectivity index (χ1) is 23.3. The van der Waals surface area contributed by atoms with Gasteiger partial charge in [-0.1, -0.05) is 65.0 Å². The molecule has 14 nitrogen and oxygen atoms in total. The lowest BCUT2D eigenvalue weighted by atomic mass is 9.74. The van der Waals surface area contributed by atoms with E-state index in [0.717, 1.165) is 19.4 Å². The van der Waals surface area contributed by atoms with E-state index in [1.807, 2.05) is 20.8 Å². The van der Waals surface area contributed by atoms with Crippen LogP contribution in [0.3, 0.4) is 0 Å². The van der Waals surface area contributed by atoms with Gasteiger partial charge in [0.1, 0.15) is 18.0 Å². The van der Waals surface area contributed by atoms with Crippen molar-refractivity contribution in [1.82, 2.24) is 0 Å².